The fourth-order valence-electron chi connectivity index (χ4n) is 1.63. The Morgan fingerprint density at radius 2 is 2.20 bits per heavy atom. The van der Waals surface area contributed by atoms with Gasteiger partial charge >= 0.3 is 0 Å². The molecule has 0 saturated carbocycles. The molecule has 0 aliphatic rings. The van der Waals surface area contributed by atoms with Crippen molar-refractivity contribution in [3.63, 3.8) is 0 Å². The van der Waals surface area contributed by atoms with Crippen molar-refractivity contribution in [2.24, 2.45) is 0 Å². The molecule has 20 heavy (non-hydrogen) atoms. The summed E-state index contributed by atoms with van der Waals surface area (Å²) in [6.07, 6.45) is 1.58. The molecule has 1 aromatic carbocycles. The lowest BCUT2D eigenvalue weighted by molar-refractivity contribution is -0.123. The Morgan fingerprint density at radius 1 is 1.40 bits per heavy atom. The Bertz CT molecular complexity index is 584. The first kappa shape index (κ1) is 15.1. The summed E-state index contributed by atoms with van der Waals surface area (Å²) in [5.41, 5.74) is 0. The van der Waals surface area contributed by atoms with E-state index in [9.17, 15) is 4.79 Å². The zero-order valence-electron chi connectivity index (χ0n) is 10.7. The van der Waals surface area contributed by atoms with Gasteiger partial charge in [0.1, 0.15) is 11.5 Å². The largest absolute Gasteiger partial charge is 0.483 e. The Balaban J connectivity index is 1.86. The van der Waals surface area contributed by atoms with Crippen LogP contribution in [0.3, 0.4) is 0 Å². The molecule has 1 N–H and O–H groups in total. The van der Waals surface area contributed by atoms with E-state index < -0.39 is 0 Å². The molecule has 2 aromatic rings. The van der Waals surface area contributed by atoms with Gasteiger partial charge in [-0.05, 0) is 53.2 Å². The molecule has 1 amide bonds. The smallest absolute Gasteiger partial charge is 0.258 e. The van der Waals surface area contributed by atoms with E-state index in [4.69, 9.17) is 9.15 Å². The van der Waals surface area contributed by atoms with Crippen LogP contribution in [0.2, 0.25) is 0 Å². The van der Waals surface area contributed by atoms with Crippen LogP contribution < -0.4 is 10.1 Å². The number of amides is 1. The Morgan fingerprint density at radius 3 is 2.85 bits per heavy atom. The molecule has 1 unspecified atom stereocenters. The maximum Gasteiger partial charge on any atom is 0.258 e. The van der Waals surface area contributed by atoms with Crippen LogP contribution >= 0.6 is 31.9 Å². The van der Waals surface area contributed by atoms with Gasteiger partial charge in [0.2, 0.25) is 0 Å². The zero-order valence-corrected chi connectivity index (χ0v) is 13.9. The summed E-state index contributed by atoms with van der Waals surface area (Å²) >= 11 is 6.73. The summed E-state index contributed by atoms with van der Waals surface area (Å²) < 4.78 is 12.4. The molecular formula is C14H13Br2NO3. The van der Waals surface area contributed by atoms with E-state index in [0.717, 1.165) is 8.95 Å². The minimum absolute atomic E-state index is 0.0503. The third kappa shape index (κ3) is 4.11. The highest BCUT2D eigenvalue weighted by Crippen LogP contribution is 2.28. The molecule has 0 spiro atoms. The first-order valence-corrected chi connectivity index (χ1v) is 7.55. The molecule has 2 rings (SSSR count). The lowest BCUT2D eigenvalue weighted by atomic mass is 10.2. The van der Waals surface area contributed by atoms with Crippen LogP contribution in [0.1, 0.15) is 18.7 Å². The summed E-state index contributed by atoms with van der Waals surface area (Å²) in [5.74, 6) is 1.13. The minimum atomic E-state index is -0.205. The lowest BCUT2D eigenvalue weighted by Crippen LogP contribution is -2.31. The highest BCUT2D eigenvalue weighted by atomic mass is 79.9. The van der Waals surface area contributed by atoms with Gasteiger partial charge in [-0.3, -0.25) is 4.79 Å². The molecular weight excluding hydrogens is 390 g/mol. The van der Waals surface area contributed by atoms with Gasteiger partial charge in [0.25, 0.3) is 5.91 Å². The zero-order chi connectivity index (χ0) is 14.5. The second-order valence-electron chi connectivity index (χ2n) is 4.17. The number of hydrogen-bond acceptors (Lipinski definition) is 3. The number of halogens is 2. The van der Waals surface area contributed by atoms with E-state index in [-0.39, 0.29) is 18.6 Å². The summed E-state index contributed by atoms with van der Waals surface area (Å²) in [6, 6.07) is 8.92. The summed E-state index contributed by atoms with van der Waals surface area (Å²) in [5, 5.41) is 2.80. The van der Waals surface area contributed by atoms with Gasteiger partial charge < -0.3 is 14.5 Å². The summed E-state index contributed by atoms with van der Waals surface area (Å²) in [6.45, 7) is 1.80. The van der Waals surface area contributed by atoms with Crippen molar-refractivity contribution in [2.75, 3.05) is 6.61 Å². The van der Waals surface area contributed by atoms with Crippen molar-refractivity contribution < 1.29 is 13.9 Å². The van der Waals surface area contributed by atoms with Gasteiger partial charge in [-0.25, -0.2) is 0 Å². The second kappa shape index (κ2) is 6.95. The number of ether oxygens (including phenoxy) is 1. The monoisotopic (exact) mass is 401 g/mol. The van der Waals surface area contributed by atoms with Crippen LogP contribution in [0.4, 0.5) is 0 Å². The van der Waals surface area contributed by atoms with Gasteiger partial charge in [-0.2, -0.15) is 0 Å². The Kier molecular flexibility index (Phi) is 5.25. The number of hydrogen-bond donors (Lipinski definition) is 1. The first-order chi connectivity index (χ1) is 9.56. The number of furan rings is 1. The average Bonchev–Trinajstić information content (AvgIpc) is 2.91. The molecule has 106 valence electrons. The number of nitrogens with one attached hydrogen (secondary N) is 1. The van der Waals surface area contributed by atoms with Gasteiger partial charge in [-0.1, -0.05) is 15.9 Å². The van der Waals surface area contributed by atoms with Crippen molar-refractivity contribution in [1.29, 1.82) is 0 Å². The van der Waals surface area contributed by atoms with Gasteiger partial charge in [0, 0.05) is 4.47 Å². The van der Waals surface area contributed by atoms with Crippen LogP contribution in [0.15, 0.2) is 50.0 Å². The fourth-order valence-corrected chi connectivity index (χ4v) is 2.79. The maximum absolute atomic E-state index is 11.8. The third-order valence-corrected chi connectivity index (χ3v) is 3.71. The number of rotatable bonds is 5. The van der Waals surface area contributed by atoms with Crippen LogP contribution in [-0.2, 0) is 4.79 Å². The van der Waals surface area contributed by atoms with Gasteiger partial charge in [0.05, 0.1) is 16.8 Å². The topological polar surface area (TPSA) is 51.5 Å². The SMILES string of the molecule is CC(NC(=O)COc1ccc(Br)cc1Br)c1ccco1. The Hall–Kier alpha value is -1.27. The van der Waals surface area contributed by atoms with Crippen LogP contribution in [0.5, 0.6) is 5.75 Å². The highest BCUT2D eigenvalue weighted by Gasteiger charge is 2.12. The molecule has 1 atom stereocenters. The lowest BCUT2D eigenvalue weighted by Gasteiger charge is -2.12. The quantitative estimate of drug-likeness (QED) is 0.820. The second-order valence-corrected chi connectivity index (χ2v) is 5.94. The first-order valence-electron chi connectivity index (χ1n) is 5.97. The van der Waals surface area contributed by atoms with E-state index in [1.807, 2.05) is 25.1 Å². The minimum Gasteiger partial charge on any atom is -0.483 e. The van der Waals surface area contributed by atoms with E-state index in [1.54, 1.807) is 18.4 Å². The predicted molar refractivity (Wildman–Crippen MR) is 82.6 cm³/mol. The van der Waals surface area contributed by atoms with E-state index in [2.05, 4.69) is 37.2 Å². The molecule has 0 fully saturated rings. The number of carbonyl (C=O) groups excluding carboxylic acids is 1. The van der Waals surface area contributed by atoms with Crippen LogP contribution in [-0.4, -0.2) is 12.5 Å². The molecule has 0 bridgehead atoms. The highest BCUT2D eigenvalue weighted by molar-refractivity contribution is 9.11. The molecule has 0 radical (unpaired) electrons. The molecule has 6 heteroatoms. The molecule has 1 aromatic heterocycles. The molecule has 4 nitrogen and oxygen atoms in total. The van der Waals surface area contributed by atoms with Crippen molar-refractivity contribution in [3.8, 4) is 5.75 Å². The molecule has 0 aliphatic carbocycles. The average molecular weight is 403 g/mol. The predicted octanol–water partition coefficient (Wildman–Crippen LogP) is 4.06. The third-order valence-electron chi connectivity index (χ3n) is 2.60. The normalized spacial score (nSPS) is 11.9. The van der Waals surface area contributed by atoms with E-state index >= 15 is 0 Å². The molecule has 0 saturated heterocycles. The van der Waals surface area contributed by atoms with Crippen LogP contribution in [0, 0.1) is 0 Å². The fraction of sp³-hybridized carbons (Fsp3) is 0.214. The van der Waals surface area contributed by atoms with Gasteiger partial charge in [0.15, 0.2) is 6.61 Å². The van der Waals surface area contributed by atoms with Crippen LogP contribution in [0.25, 0.3) is 0 Å². The summed E-state index contributed by atoms with van der Waals surface area (Å²) in [7, 11) is 0. The molecule has 0 aliphatic heterocycles. The van der Waals surface area contributed by atoms with Crippen molar-refractivity contribution >= 4 is 37.8 Å². The molecule has 1 heterocycles. The van der Waals surface area contributed by atoms with Crippen molar-refractivity contribution in [2.45, 2.75) is 13.0 Å². The van der Waals surface area contributed by atoms with Crippen molar-refractivity contribution in [3.05, 3.63) is 51.3 Å². The standard InChI is InChI=1S/C14H13Br2NO3/c1-9(12-3-2-6-19-12)17-14(18)8-20-13-5-4-10(15)7-11(13)16/h2-7,9H,8H2,1H3,(H,17,18). The van der Waals surface area contributed by atoms with Gasteiger partial charge in [-0.15, -0.1) is 0 Å². The number of carbonyl (C=O) groups is 1. The summed E-state index contributed by atoms with van der Waals surface area (Å²) in [4.78, 5) is 11.8. The Labute approximate surface area is 133 Å². The van der Waals surface area contributed by atoms with E-state index in [1.165, 1.54) is 0 Å². The van der Waals surface area contributed by atoms with E-state index in [0.29, 0.717) is 11.5 Å². The number of benzene rings is 1. The van der Waals surface area contributed by atoms with Crippen molar-refractivity contribution in [1.82, 2.24) is 5.32 Å². The maximum atomic E-state index is 11.8.